The number of aryl methyl sites for hydroxylation is 1. The topological polar surface area (TPSA) is 53.9 Å². The maximum Gasteiger partial charge on any atom is 0.201 e. The monoisotopic (exact) mass is 241 g/mol. The Balaban J connectivity index is 1.62. The van der Waals surface area contributed by atoms with Gasteiger partial charge in [-0.25, -0.2) is 4.98 Å². The fourth-order valence-corrected chi connectivity index (χ4v) is 1.96. The Kier molecular flexibility index (Phi) is 2.76. The molecule has 2 heterocycles. The number of furan rings is 1. The van der Waals surface area contributed by atoms with Gasteiger partial charge in [-0.15, -0.1) is 0 Å². The smallest absolute Gasteiger partial charge is 0.201 e. The van der Waals surface area contributed by atoms with Crippen LogP contribution in [0.15, 0.2) is 40.8 Å². The molecule has 0 saturated heterocycles. The average Bonchev–Trinajstić information content (AvgIpc) is 2.95. The molecule has 4 nitrogen and oxygen atoms in total. The van der Waals surface area contributed by atoms with Gasteiger partial charge in [0, 0.05) is 13.0 Å². The predicted octanol–water partition coefficient (Wildman–Crippen LogP) is 3.12. The van der Waals surface area contributed by atoms with E-state index >= 15 is 0 Å². The van der Waals surface area contributed by atoms with E-state index in [0.717, 1.165) is 41.5 Å². The summed E-state index contributed by atoms with van der Waals surface area (Å²) >= 11 is 0. The molecule has 0 aliphatic rings. The van der Waals surface area contributed by atoms with Crippen LogP contribution in [0.1, 0.15) is 11.5 Å². The van der Waals surface area contributed by atoms with Gasteiger partial charge in [0.15, 0.2) is 0 Å². The Labute approximate surface area is 105 Å². The summed E-state index contributed by atoms with van der Waals surface area (Å²) in [6.45, 7) is 2.75. The summed E-state index contributed by atoms with van der Waals surface area (Å²) in [5, 5.41) is 3.27. The lowest BCUT2D eigenvalue weighted by Crippen LogP contribution is -2.05. The minimum absolute atomic E-state index is 0.798. The molecule has 0 aliphatic carbocycles. The minimum atomic E-state index is 0.798. The number of imidazole rings is 1. The van der Waals surface area contributed by atoms with Crippen LogP contribution in [0, 0.1) is 6.92 Å². The molecule has 1 aromatic carbocycles. The molecule has 0 bridgehead atoms. The Hall–Kier alpha value is -2.23. The fourth-order valence-electron chi connectivity index (χ4n) is 1.96. The van der Waals surface area contributed by atoms with Crippen molar-refractivity contribution in [2.75, 3.05) is 11.9 Å². The van der Waals surface area contributed by atoms with Crippen molar-refractivity contribution in [3.05, 3.63) is 47.9 Å². The van der Waals surface area contributed by atoms with E-state index in [1.807, 2.05) is 43.3 Å². The third-order valence-corrected chi connectivity index (χ3v) is 2.85. The summed E-state index contributed by atoms with van der Waals surface area (Å²) in [5.74, 6) is 2.75. The van der Waals surface area contributed by atoms with Gasteiger partial charge in [0.05, 0.1) is 11.0 Å². The first-order valence-corrected chi connectivity index (χ1v) is 6.05. The SMILES string of the molecule is Cc1ccc(CCNc2nc3ccccc3[nH]2)o1. The Morgan fingerprint density at radius 1 is 1.22 bits per heavy atom. The Bertz CT molecular complexity index is 621. The van der Waals surface area contributed by atoms with E-state index in [0.29, 0.717) is 0 Å². The molecule has 3 aromatic rings. The molecule has 0 fully saturated rings. The molecule has 0 saturated carbocycles. The van der Waals surface area contributed by atoms with Gasteiger partial charge in [0.25, 0.3) is 0 Å². The van der Waals surface area contributed by atoms with E-state index in [-0.39, 0.29) is 0 Å². The first kappa shape index (κ1) is 10.9. The molecular formula is C14H15N3O. The predicted molar refractivity (Wildman–Crippen MR) is 71.7 cm³/mol. The molecule has 2 aromatic heterocycles. The largest absolute Gasteiger partial charge is 0.466 e. The van der Waals surface area contributed by atoms with Crippen LogP contribution in [0.3, 0.4) is 0 Å². The second-order valence-corrected chi connectivity index (χ2v) is 4.29. The number of fused-ring (bicyclic) bond motifs is 1. The normalized spacial score (nSPS) is 10.9. The summed E-state index contributed by atoms with van der Waals surface area (Å²) in [6.07, 6.45) is 0.852. The van der Waals surface area contributed by atoms with E-state index in [1.54, 1.807) is 0 Å². The highest BCUT2D eigenvalue weighted by Crippen LogP contribution is 2.13. The van der Waals surface area contributed by atoms with E-state index < -0.39 is 0 Å². The molecule has 0 aliphatic heterocycles. The molecule has 18 heavy (non-hydrogen) atoms. The summed E-state index contributed by atoms with van der Waals surface area (Å²) in [4.78, 5) is 7.69. The lowest BCUT2D eigenvalue weighted by atomic mass is 10.3. The van der Waals surface area contributed by atoms with Crippen LogP contribution in [0.25, 0.3) is 11.0 Å². The number of hydrogen-bond acceptors (Lipinski definition) is 3. The number of para-hydroxylation sites is 2. The molecule has 0 atom stereocenters. The number of aromatic nitrogens is 2. The van der Waals surface area contributed by atoms with Crippen molar-refractivity contribution in [1.82, 2.24) is 9.97 Å². The van der Waals surface area contributed by atoms with Gasteiger partial charge in [0.2, 0.25) is 5.95 Å². The van der Waals surface area contributed by atoms with Crippen molar-refractivity contribution in [2.45, 2.75) is 13.3 Å². The van der Waals surface area contributed by atoms with Crippen LogP contribution in [-0.2, 0) is 6.42 Å². The third-order valence-electron chi connectivity index (χ3n) is 2.85. The standard InChI is InChI=1S/C14H15N3O/c1-10-6-7-11(18-10)8-9-15-14-16-12-4-2-3-5-13(12)17-14/h2-7H,8-9H2,1H3,(H2,15,16,17). The zero-order chi connectivity index (χ0) is 12.4. The quantitative estimate of drug-likeness (QED) is 0.738. The van der Waals surface area contributed by atoms with E-state index in [9.17, 15) is 0 Å². The molecule has 2 N–H and O–H groups in total. The van der Waals surface area contributed by atoms with Gasteiger partial charge < -0.3 is 14.7 Å². The molecule has 92 valence electrons. The molecule has 0 spiro atoms. The van der Waals surface area contributed by atoms with Gasteiger partial charge in [-0.1, -0.05) is 12.1 Å². The van der Waals surface area contributed by atoms with E-state index in [2.05, 4.69) is 15.3 Å². The molecule has 3 rings (SSSR count). The van der Waals surface area contributed by atoms with Crippen molar-refractivity contribution in [3.63, 3.8) is 0 Å². The molecular weight excluding hydrogens is 226 g/mol. The highest BCUT2D eigenvalue weighted by atomic mass is 16.3. The second kappa shape index (κ2) is 4.56. The van der Waals surface area contributed by atoms with E-state index in [1.165, 1.54) is 0 Å². The van der Waals surface area contributed by atoms with Gasteiger partial charge in [0.1, 0.15) is 11.5 Å². The van der Waals surface area contributed by atoms with Crippen molar-refractivity contribution in [3.8, 4) is 0 Å². The first-order valence-electron chi connectivity index (χ1n) is 6.05. The van der Waals surface area contributed by atoms with Crippen LogP contribution in [0.5, 0.6) is 0 Å². The number of rotatable bonds is 4. The van der Waals surface area contributed by atoms with Crippen LogP contribution in [0.4, 0.5) is 5.95 Å². The maximum absolute atomic E-state index is 5.51. The molecule has 0 amide bonds. The molecule has 0 unspecified atom stereocenters. The van der Waals surface area contributed by atoms with E-state index in [4.69, 9.17) is 4.42 Å². The number of H-pyrrole nitrogens is 1. The number of nitrogens with one attached hydrogen (secondary N) is 2. The lowest BCUT2D eigenvalue weighted by molar-refractivity contribution is 0.486. The van der Waals surface area contributed by atoms with Crippen molar-refractivity contribution in [1.29, 1.82) is 0 Å². The van der Waals surface area contributed by atoms with Crippen molar-refractivity contribution < 1.29 is 4.42 Å². The third kappa shape index (κ3) is 2.22. The average molecular weight is 241 g/mol. The van der Waals surface area contributed by atoms with Crippen molar-refractivity contribution >= 4 is 17.0 Å². The Morgan fingerprint density at radius 2 is 2.11 bits per heavy atom. The number of aromatic amines is 1. The van der Waals surface area contributed by atoms with Gasteiger partial charge in [-0.05, 0) is 31.2 Å². The fraction of sp³-hybridized carbons (Fsp3) is 0.214. The summed E-state index contributed by atoms with van der Waals surface area (Å²) in [6, 6.07) is 12.0. The maximum atomic E-state index is 5.51. The zero-order valence-corrected chi connectivity index (χ0v) is 10.2. The second-order valence-electron chi connectivity index (χ2n) is 4.29. The number of nitrogens with zero attached hydrogens (tertiary/aromatic N) is 1. The molecule has 4 heteroatoms. The van der Waals surface area contributed by atoms with Gasteiger partial charge >= 0.3 is 0 Å². The summed E-state index contributed by atoms with van der Waals surface area (Å²) in [7, 11) is 0. The van der Waals surface area contributed by atoms with Crippen LogP contribution < -0.4 is 5.32 Å². The number of benzene rings is 1. The number of hydrogen-bond donors (Lipinski definition) is 2. The minimum Gasteiger partial charge on any atom is -0.466 e. The van der Waals surface area contributed by atoms with Crippen LogP contribution in [0.2, 0.25) is 0 Å². The molecule has 0 radical (unpaired) electrons. The highest BCUT2D eigenvalue weighted by Gasteiger charge is 2.02. The van der Waals surface area contributed by atoms with Crippen LogP contribution >= 0.6 is 0 Å². The summed E-state index contributed by atoms with van der Waals surface area (Å²) in [5.41, 5.74) is 2.03. The van der Waals surface area contributed by atoms with Crippen LogP contribution in [-0.4, -0.2) is 16.5 Å². The zero-order valence-electron chi connectivity index (χ0n) is 10.2. The highest BCUT2D eigenvalue weighted by molar-refractivity contribution is 5.77. The summed E-state index contributed by atoms with van der Waals surface area (Å²) < 4.78 is 5.51. The number of anilines is 1. The Morgan fingerprint density at radius 3 is 2.89 bits per heavy atom. The lowest BCUT2D eigenvalue weighted by Gasteiger charge is -2.00. The van der Waals surface area contributed by atoms with Gasteiger partial charge in [-0.3, -0.25) is 0 Å². The first-order chi connectivity index (χ1) is 8.81. The van der Waals surface area contributed by atoms with Crippen molar-refractivity contribution in [2.24, 2.45) is 0 Å². The van der Waals surface area contributed by atoms with Gasteiger partial charge in [-0.2, -0.15) is 0 Å².